The number of aryl methyl sites for hydroxylation is 2. The van der Waals surface area contributed by atoms with Crippen LogP contribution in [0.1, 0.15) is 17.9 Å². The minimum atomic E-state index is 0.142. The molecular formula is C22H24N4O2. The number of anilines is 1. The van der Waals surface area contributed by atoms with Crippen LogP contribution >= 0.6 is 0 Å². The van der Waals surface area contributed by atoms with Gasteiger partial charge >= 0.3 is 0 Å². The Labute approximate surface area is 164 Å². The molecule has 0 bridgehead atoms. The molecule has 0 unspecified atom stereocenters. The number of aromatic nitrogens is 2. The van der Waals surface area contributed by atoms with Crippen LogP contribution in [0.4, 0.5) is 5.69 Å². The van der Waals surface area contributed by atoms with E-state index in [1.165, 1.54) is 11.3 Å². The average molecular weight is 376 g/mol. The molecule has 6 heteroatoms. The van der Waals surface area contributed by atoms with Crippen LogP contribution in [0.25, 0.3) is 11.4 Å². The topological polar surface area (TPSA) is 62.5 Å². The minimum Gasteiger partial charge on any atom is -0.368 e. The van der Waals surface area contributed by atoms with E-state index in [9.17, 15) is 4.79 Å². The van der Waals surface area contributed by atoms with Crippen molar-refractivity contribution in [2.75, 3.05) is 31.1 Å². The Morgan fingerprint density at radius 3 is 2.46 bits per heavy atom. The zero-order valence-electron chi connectivity index (χ0n) is 16.0. The van der Waals surface area contributed by atoms with Gasteiger partial charge in [0.05, 0.1) is 0 Å². The molecule has 1 aromatic heterocycles. The van der Waals surface area contributed by atoms with Gasteiger partial charge in [0.2, 0.25) is 17.6 Å². The number of piperazine rings is 1. The summed E-state index contributed by atoms with van der Waals surface area (Å²) in [6.07, 6.45) is 0.859. The number of hydrogen-bond donors (Lipinski definition) is 0. The van der Waals surface area contributed by atoms with Crippen molar-refractivity contribution >= 4 is 11.6 Å². The van der Waals surface area contributed by atoms with Crippen LogP contribution in [0.3, 0.4) is 0 Å². The number of carbonyl (C=O) groups excluding carboxylic acids is 1. The predicted octanol–water partition coefficient (Wildman–Crippen LogP) is 3.33. The highest BCUT2D eigenvalue weighted by atomic mass is 16.5. The number of amides is 1. The van der Waals surface area contributed by atoms with E-state index in [-0.39, 0.29) is 5.91 Å². The standard InChI is InChI=1S/C22H24N4O2/c1-17-7-5-6-10-19(17)25-13-15-26(16-14-25)21(27)12-11-20-23-22(24-28-20)18-8-3-2-4-9-18/h2-10H,11-16H2,1H3. The monoisotopic (exact) mass is 376 g/mol. The van der Waals surface area contributed by atoms with Gasteiger partial charge in [-0.3, -0.25) is 4.79 Å². The zero-order chi connectivity index (χ0) is 19.3. The van der Waals surface area contributed by atoms with Gasteiger partial charge in [-0.25, -0.2) is 0 Å². The molecule has 1 fully saturated rings. The molecule has 144 valence electrons. The lowest BCUT2D eigenvalue weighted by molar-refractivity contribution is -0.131. The third kappa shape index (κ3) is 4.06. The number of carbonyl (C=O) groups is 1. The number of benzene rings is 2. The van der Waals surface area contributed by atoms with Crippen molar-refractivity contribution in [1.82, 2.24) is 15.0 Å². The molecule has 0 N–H and O–H groups in total. The third-order valence-corrected chi connectivity index (χ3v) is 5.14. The molecule has 1 aliphatic heterocycles. The van der Waals surface area contributed by atoms with E-state index in [1.54, 1.807) is 0 Å². The molecule has 1 amide bonds. The van der Waals surface area contributed by atoms with E-state index in [4.69, 9.17) is 4.52 Å². The Morgan fingerprint density at radius 2 is 1.71 bits per heavy atom. The fourth-order valence-corrected chi connectivity index (χ4v) is 3.55. The molecule has 0 spiro atoms. The van der Waals surface area contributed by atoms with Crippen molar-refractivity contribution in [3.05, 3.63) is 66.1 Å². The molecule has 2 heterocycles. The molecular weight excluding hydrogens is 352 g/mol. The summed E-state index contributed by atoms with van der Waals surface area (Å²) >= 11 is 0. The fourth-order valence-electron chi connectivity index (χ4n) is 3.55. The number of hydrogen-bond acceptors (Lipinski definition) is 5. The zero-order valence-corrected chi connectivity index (χ0v) is 16.0. The lowest BCUT2D eigenvalue weighted by Gasteiger charge is -2.36. The minimum absolute atomic E-state index is 0.142. The van der Waals surface area contributed by atoms with Gasteiger partial charge in [0, 0.05) is 50.3 Å². The van der Waals surface area contributed by atoms with Crippen molar-refractivity contribution in [2.45, 2.75) is 19.8 Å². The van der Waals surface area contributed by atoms with E-state index in [1.807, 2.05) is 35.2 Å². The number of para-hydroxylation sites is 1. The SMILES string of the molecule is Cc1ccccc1N1CCN(C(=O)CCc2nc(-c3ccccc3)no2)CC1. The van der Waals surface area contributed by atoms with Crippen LogP contribution < -0.4 is 4.90 Å². The summed E-state index contributed by atoms with van der Waals surface area (Å²) < 4.78 is 5.30. The summed E-state index contributed by atoms with van der Waals surface area (Å²) in [6.45, 7) is 5.32. The molecule has 28 heavy (non-hydrogen) atoms. The summed E-state index contributed by atoms with van der Waals surface area (Å²) in [5.74, 6) is 1.21. The molecule has 0 atom stereocenters. The second-order valence-electron chi connectivity index (χ2n) is 7.03. The van der Waals surface area contributed by atoms with Gasteiger partial charge in [-0.1, -0.05) is 53.7 Å². The van der Waals surface area contributed by atoms with E-state index < -0.39 is 0 Å². The molecule has 1 saturated heterocycles. The lowest BCUT2D eigenvalue weighted by Crippen LogP contribution is -2.49. The summed E-state index contributed by atoms with van der Waals surface area (Å²) in [6, 6.07) is 18.1. The fraction of sp³-hybridized carbons (Fsp3) is 0.318. The largest absolute Gasteiger partial charge is 0.368 e. The summed E-state index contributed by atoms with van der Waals surface area (Å²) in [4.78, 5) is 21.3. The first-order valence-electron chi connectivity index (χ1n) is 9.67. The molecule has 3 aromatic rings. The van der Waals surface area contributed by atoms with Gasteiger partial charge in [0.15, 0.2) is 0 Å². The van der Waals surface area contributed by atoms with Crippen molar-refractivity contribution in [3.8, 4) is 11.4 Å². The highest BCUT2D eigenvalue weighted by molar-refractivity contribution is 5.76. The van der Waals surface area contributed by atoms with Crippen molar-refractivity contribution in [3.63, 3.8) is 0 Å². The quantitative estimate of drug-likeness (QED) is 0.684. The maximum Gasteiger partial charge on any atom is 0.227 e. The first kappa shape index (κ1) is 18.2. The molecule has 0 saturated carbocycles. The van der Waals surface area contributed by atoms with Crippen molar-refractivity contribution in [1.29, 1.82) is 0 Å². The predicted molar refractivity (Wildman–Crippen MR) is 108 cm³/mol. The van der Waals surface area contributed by atoms with Gasteiger partial charge < -0.3 is 14.3 Å². The van der Waals surface area contributed by atoms with E-state index in [0.29, 0.717) is 24.6 Å². The van der Waals surface area contributed by atoms with Gasteiger partial charge in [-0.2, -0.15) is 4.98 Å². The number of nitrogens with zero attached hydrogens (tertiary/aromatic N) is 4. The first-order valence-corrected chi connectivity index (χ1v) is 9.67. The van der Waals surface area contributed by atoms with E-state index >= 15 is 0 Å². The normalized spacial score (nSPS) is 14.3. The summed E-state index contributed by atoms with van der Waals surface area (Å²) in [5.41, 5.74) is 3.44. The van der Waals surface area contributed by atoms with Crippen molar-refractivity contribution < 1.29 is 9.32 Å². The second kappa shape index (κ2) is 8.25. The van der Waals surface area contributed by atoms with Crippen LogP contribution in [0, 0.1) is 6.92 Å². The second-order valence-corrected chi connectivity index (χ2v) is 7.03. The Hall–Kier alpha value is -3.15. The average Bonchev–Trinajstić information content (AvgIpc) is 3.22. The summed E-state index contributed by atoms with van der Waals surface area (Å²) in [7, 11) is 0. The maximum atomic E-state index is 12.6. The Bertz CT molecular complexity index is 930. The van der Waals surface area contributed by atoms with Crippen molar-refractivity contribution in [2.24, 2.45) is 0 Å². The Balaban J connectivity index is 1.28. The highest BCUT2D eigenvalue weighted by Gasteiger charge is 2.22. The van der Waals surface area contributed by atoms with Gasteiger partial charge in [-0.05, 0) is 18.6 Å². The van der Waals surface area contributed by atoms with Crippen LogP contribution in [-0.2, 0) is 11.2 Å². The van der Waals surface area contributed by atoms with Gasteiger partial charge in [-0.15, -0.1) is 0 Å². The van der Waals surface area contributed by atoms with Gasteiger partial charge in [0.25, 0.3) is 0 Å². The molecule has 6 nitrogen and oxygen atoms in total. The molecule has 4 rings (SSSR count). The van der Waals surface area contributed by atoms with E-state index in [0.717, 1.165) is 31.7 Å². The number of rotatable bonds is 5. The molecule has 0 aliphatic carbocycles. The third-order valence-electron chi connectivity index (χ3n) is 5.14. The molecule has 1 aliphatic rings. The van der Waals surface area contributed by atoms with Crippen LogP contribution in [0.2, 0.25) is 0 Å². The molecule has 0 radical (unpaired) electrons. The first-order chi connectivity index (χ1) is 13.7. The van der Waals surface area contributed by atoms with Crippen LogP contribution in [0.15, 0.2) is 59.1 Å². The van der Waals surface area contributed by atoms with Crippen LogP contribution in [0.5, 0.6) is 0 Å². The van der Waals surface area contributed by atoms with Crippen LogP contribution in [-0.4, -0.2) is 47.1 Å². The molecule has 2 aromatic carbocycles. The van der Waals surface area contributed by atoms with Gasteiger partial charge in [0.1, 0.15) is 0 Å². The lowest BCUT2D eigenvalue weighted by atomic mass is 10.1. The van der Waals surface area contributed by atoms with E-state index in [2.05, 4.69) is 46.2 Å². The maximum absolute atomic E-state index is 12.6. The highest BCUT2D eigenvalue weighted by Crippen LogP contribution is 2.21. The Morgan fingerprint density at radius 1 is 1.00 bits per heavy atom. The summed E-state index contributed by atoms with van der Waals surface area (Å²) in [5, 5.41) is 4.01. The Kier molecular flexibility index (Phi) is 5.37. The smallest absolute Gasteiger partial charge is 0.227 e.